The molecule has 1 aliphatic rings. The van der Waals surface area contributed by atoms with Gasteiger partial charge in [-0.2, -0.15) is 0 Å². The molecule has 2 heterocycles. The lowest BCUT2D eigenvalue weighted by Crippen LogP contribution is -2.30. The molecule has 5 heteroatoms. The van der Waals surface area contributed by atoms with Crippen LogP contribution in [0.2, 0.25) is 5.02 Å². The average Bonchev–Trinajstić information content (AvgIpc) is 3.06. The van der Waals surface area contributed by atoms with E-state index in [4.69, 9.17) is 16.0 Å². The molecule has 108 valence electrons. The van der Waals surface area contributed by atoms with Gasteiger partial charge in [0.25, 0.3) is 0 Å². The molecular weight excluding hydrogens is 290 g/mol. The molecule has 2 amide bonds. The summed E-state index contributed by atoms with van der Waals surface area (Å²) in [5.74, 6) is 0.0409. The lowest BCUT2D eigenvalue weighted by molar-refractivity contribution is -0.140. The van der Waals surface area contributed by atoms with Gasteiger partial charge in [0.05, 0.1) is 18.7 Å². The maximum absolute atomic E-state index is 12.4. The molecule has 1 fully saturated rings. The van der Waals surface area contributed by atoms with Crippen LogP contribution in [0.1, 0.15) is 17.7 Å². The standard InChI is InChI=1S/C16H14ClNO3/c17-13-5-3-11(4-6-13)8-12-9-15(19)18(16(12)20)10-14-2-1-7-21-14/h1-7,12H,8-10H2. The summed E-state index contributed by atoms with van der Waals surface area (Å²) in [4.78, 5) is 25.6. The maximum atomic E-state index is 12.4. The number of benzene rings is 1. The van der Waals surface area contributed by atoms with Crippen LogP contribution in [0, 0.1) is 5.92 Å². The first kappa shape index (κ1) is 13.9. The lowest BCUT2D eigenvalue weighted by Gasteiger charge is -2.13. The van der Waals surface area contributed by atoms with Crippen LogP contribution in [0.5, 0.6) is 0 Å². The van der Waals surface area contributed by atoms with Crippen LogP contribution >= 0.6 is 11.6 Å². The first-order valence-corrected chi connectivity index (χ1v) is 7.12. The summed E-state index contributed by atoms with van der Waals surface area (Å²) >= 11 is 5.84. The predicted octanol–water partition coefficient (Wildman–Crippen LogP) is 3.05. The second kappa shape index (κ2) is 5.74. The van der Waals surface area contributed by atoms with Crippen molar-refractivity contribution in [2.45, 2.75) is 19.4 Å². The van der Waals surface area contributed by atoms with E-state index in [-0.39, 0.29) is 30.7 Å². The van der Waals surface area contributed by atoms with Gasteiger partial charge in [0.1, 0.15) is 5.76 Å². The second-order valence-corrected chi connectivity index (χ2v) is 5.57. The molecule has 1 atom stereocenters. The van der Waals surface area contributed by atoms with E-state index in [9.17, 15) is 9.59 Å². The molecule has 0 spiro atoms. The summed E-state index contributed by atoms with van der Waals surface area (Å²) in [5, 5.41) is 0.659. The van der Waals surface area contributed by atoms with E-state index >= 15 is 0 Å². The summed E-state index contributed by atoms with van der Waals surface area (Å²) in [6.07, 6.45) is 2.34. The lowest BCUT2D eigenvalue weighted by atomic mass is 9.98. The Labute approximate surface area is 127 Å². The van der Waals surface area contributed by atoms with Gasteiger partial charge in [-0.3, -0.25) is 14.5 Å². The summed E-state index contributed by atoms with van der Waals surface area (Å²) in [6, 6.07) is 10.8. The molecule has 1 aromatic heterocycles. The Kier molecular flexibility index (Phi) is 3.80. The minimum Gasteiger partial charge on any atom is -0.467 e. The monoisotopic (exact) mass is 303 g/mol. The molecule has 0 aliphatic carbocycles. The molecule has 21 heavy (non-hydrogen) atoms. The second-order valence-electron chi connectivity index (χ2n) is 5.13. The number of halogens is 1. The van der Waals surface area contributed by atoms with Crippen molar-refractivity contribution < 1.29 is 14.0 Å². The Bertz CT molecular complexity index is 649. The predicted molar refractivity (Wildman–Crippen MR) is 77.5 cm³/mol. The fourth-order valence-electron chi connectivity index (χ4n) is 2.54. The van der Waals surface area contributed by atoms with E-state index in [0.717, 1.165) is 5.56 Å². The normalized spacial score (nSPS) is 18.5. The van der Waals surface area contributed by atoms with Crippen molar-refractivity contribution in [1.82, 2.24) is 4.90 Å². The summed E-state index contributed by atoms with van der Waals surface area (Å²) in [5.41, 5.74) is 1.00. The van der Waals surface area contributed by atoms with Crippen LogP contribution < -0.4 is 0 Å². The number of hydrogen-bond donors (Lipinski definition) is 0. The van der Waals surface area contributed by atoms with Gasteiger partial charge in [-0.1, -0.05) is 23.7 Å². The number of amides is 2. The van der Waals surface area contributed by atoms with Crippen LogP contribution in [0.15, 0.2) is 47.1 Å². The van der Waals surface area contributed by atoms with Gasteiger partial charge in [0, 0.05) is 11.4 Å². The number of likely N-dealkylation sites (tertiary alicyclic amines) is 1. The van der Waals surface area contributed by atoms with Gasteiger partial charge >= 0.3 is 0 Å². The average molecular weight is 304 g/mol. The zero-order valence-corrected chi connectivity index (χ0v) is 12.0. The zero-order chi connectivity index (χ0) is 14.8. The Morgan fingerprint density at radius 3 is 2.62 bits per heavy atom. The van der Waals surface area contributed by atoms with E-state index in [1.54, 1.807) is 24.3 Å². The Morgan fingerprint density at radius 1 is 1.19 bits per heavy atom. The Morgan fingerprint density at radius 2 is 1.95 bits per heavy atom. The van der Waals surface area contributed by atoms with Crippen LogP contribution in [0.4, 0.5) is 0 Å². The van der Waals surface area contributed by atoms with Crippen molar-refractivity contribution in [3.8, 4) is 0 Å². The fraction of sp³-hybridized carbons (Fsp3) is 0.250. The number of hydrogen-bond acceptors (Lipinski definition) is 3. The van der Waals surface area contributed by atoms with Crippen LogP contribution in [0.25, 0.3) is 0 Å². The first-order chi connectivity index (χ1) is 10.1. The minimum absolute atomic E-state index is 0.133. The largest absolute Gasteiger partial charge is 0.467 e. The van der Waals surface area contributed by atoms with Crippen molar-refractivity contribution in [1.29, 1.82) is 0 Å². The molecule has 0 radical (unpaired) electrons. The summed E-state index contributed by atoms with van der Waals surface area (Å²) < 4.78 is 5.20. The van der Waals surface area contributed by atoms with E-state index in [2.05, 4.69) is 0 Å². The molecule has 1 unspecified atom stereocenters. The number of nitrogens with zero attached hydrogens (tertiary/aromatic N) is 1. The number of furan rings is 1. The van der Waals surface area contributed by atoms with Gasteiger partial charge < -0.3 is 4.42 Å². The van der Waals surface area contributed by atoms with Crippen molar-refractivity contribution in [3.05, 3.63) is 59.0 Å². The Balaban J connectivity index is 1.69. The van der Waals surface area contributed by atoms with Crippen LogP contribution in [0.3, 0.4) is 0 Å². The van der Waals surface area contributed by atoms with Crippen molar-refractivity contribution >= 4 is 23.4 Å². The number of imide groups is 1. The van der Waals surface area contributed by atoms with Crippen molar-refractivity contribution in [2.75, 3.05) is 0 Å². The number of carbonyl (C=O) groups is 2. The number of rotatable bonds is 4. The molecule has 4 nitrogen and oxygen atoms in total. The molecule has 2 aromatic rings. The van der Waals surface area contributed by atoms with Crippen molar-refractivity contribution in [3.63, 3.8) is 0 Å². The molecule has 0 saturated carbocycles. The quantitative estimate of drug-likeness (QED) is 0.816. The zero-order valence-electron chi connectivity index (χ0n) is 11.3. The summed E-state index contributed by atoms with van der Waals surface area (Å²) in [6.45, 7) is 0.210. The SMILES string of the molecule is O=C1CC(Cc2ccc(Cl)cc2)C(=O)N1Cc1ccco1. The van der Waals surface area contributed by atoms with Crippen LogP contribution in [-0.2, 0) is 22.6 Å². The van der Waals surface area contributed by atoms with Crippen LogP contribution in [-0.4, -0.2) is 16.7 Å². The molecular formula is C16H14ClNO3. The molecule has 0 bridgehead atoms. The van der Waals surface area contributed by atoms with E-state index in [0.29, 0.717) is 17.2 Å². The smallest absolute Gasteiger partial charge is 0.233 e. The highest BCUT2D eigenvalue weighted by Gasteiger charge is 2.38. The Hall–Kier alpha value is -2.07. The molecule has 1 saturated heterocycles. The van der Waals surface area contributed by atoms with Gasteiger partial charge in [-0.15, -0.1) is 0 Å². The highest BCUT2D eigenvalue weighted by Crippen LogP contribution is 2.25. The maximum Gasteiger partial charge on any atom is 0.233 e. The van der Waals surface area contributed by atoms with E-state index in [1.807, 2.05) is 12.1 Å². The fourth-order valence-corrected chi connectivity index (χ4v) is 2.67. The number of carbonyl (C=O) groups excluding carboxylic acids is 2. The topological polar surface area (TPSA) is 50.5 Å². The van der Waals surface area contributed by atoms with E-state index in [1.165, 1.54) is 11.2 Å². The minimum atomic E-state index is -0.298. The van der Waals surface area contributed by atoms with E-state index < -0.39 is 0 Å². The van der Waals surface area contributed by atoms with Gasteiger partial charge in [-0.25, -0.2) is 0 Å². The summed E-state index contributed by atoms with van der Waals surface area (Å²) in [7, 11) is 0. The third-order valence-electron chi connectivity index (χ3n) is 3.63. The van der Waals surface area contributed by atoms with Gasteiger partial charge in [0.2, 0.25) is 11.8 Å². The molecule has 1 aliphatic heterocycles. The highest BCUT2D eigenvalue weighted by molar-refractivity contribution is 6.30. The molecule has 0 N–H and O–H groups in total. The van der Waals surface area contributed by atoms with Gasteiger partial charge in [-0.05, 0) is 36.2 Å². The highest BCUT2D eigenvalue weighted by atomic mass is 35.5. The third-order valence-corrected chi connectivity index (χ3v) is 3.88. The molecule has 3 rings (SSSR count). The van der Waals surface area contributed by atoms with Gasteiger partial charge in [0.15, 0.2) is 0 Å². The van der Waals surface area contributed by atoms with Crippen molar-refractivity contribution in [2.24, 2.45) is 5.92 Å². The molecule has 1 aromatic carbocycles. The first-order valence-electron chi connectivity index (χ1n) is 6.74. The third kappa shape index (κ3) is 3.00.